The molecule has 1 aromatic heterocycles. The lowest BCUT2D eigenvalue weighted by molar-refractivity contribution is -0.140. The Morgan fingerprint density at radius 1 is 1.25 bits per heavy atom. The normalized spacial score (nSPS) is 11.2. The fourth-order valence-corrected chi connectivity index (χ4v) is 1.74. The molecule has 1 N–H and O–H groups in total. The van der Waals surface area contributed by atoms with Gasteiger partial charge >= 0.3 is 12.1 Å². The van der Waals surface area contributed by atoms with Gasteiger partial charge in [0.15, 0.2) is 12.3 Å². The minimum Gasteiger partial charge on any atom is -0.451 e. The van der Waals surface area contributed by atoms with Gasteiger partial charge in [-0.15, -0.1) is 0 Å². The molecule has 0 radical (unpaired) electrons. The van der Waals surface area contributed by atoms with Gasteiger partial charge in [0.2, 0.25) is 5.89 Å². The fourth-order valence-electron chi connectivity index (χ4n) is 1.74. The van der Waals surface area contributed by atoms with Crippen LogP contribution in [0.5, 0.6) is 0 Å². The molecule has 1 aromatic carbocycles. The van der Waals surface area contributed by atoms with Crippen molar-refractivity contribution in [3.63, 3.8) is 0 Å². The number of carbonyl (C=O) groups excluding carboxylic acids is 2. The van der Waals surface area contributed by atoms with Crippen LogP contribution < -0.4 is 5.32 Å². The minimum absolute atomic E-state index is 0.141. The Kier molecular flexibility index (Phi) is 5.22. The number of alkyl halides is 3. The van der Waals surface area contributed by atoms with Gasteiger partial charge in [0, 0.05) is 5.56 Å². The van der Waals surface area contributed by atoms with Crippen LogP contribution in [0.3, 0.4) is 0 Å². The second kappa shape index (κ2) is 7.16. The number of hydrogen-bond acceptors (Lipinski definition) is 5. The zero-order valence-corrected chi connectivity index (χ0v) is 12.5. The molecule has 2 rings (SSSR count). The van der Waals surface area contributed by atoms with Crippen LogP contribution in [-0.2, 0) is 9.53 Å². The number of nitrogens with one attached hydrogen (secondary N) is 1. The second-order valence-corrected chi connectivity index (χ2v) is 4.76. The van der Waals surface area contributed by atoms with Crippen molar-refractivity contribution in [2.45, 2.75) is 13.1 Å². The molecule has 9 heteroatoms. The third-order valence-corrected chi connectivity index (χ3v) is 2.83. The minimum atomic E-state index is -4.53. The molecule has 24 heavy (non-hydrogen) atoms. The molecule has 0 aliphatic carbocycles. The summed E-state index contributed by atoms with van der Waals surface area (Å²) < 4.78 is 45.9. The van der Waals surface area contributed by atoms with Gasteiger partial charge in [0.05, 0.1) is 0 Å². The number of amides is 1. The molecular formula is C15H13F3N2O4. The number of benzene rings is 1. The summed E-state index contributed by atoms with van der Waals surface area (Å²) >= 11 is 0. The molecule has 2 aromatic rings. The summed E-state index contributed by atoms with van der Waals surface area (Å²) in [5, 5.41) is 1.59. The summed E-state index contributed by atoms with van der Waals surface area (Å²) in [6.45, 7) is -0.855. The van der Waals surface area contributed by atoms with Crippen LogP contribution in [0.2, 0.25) is 0 Å². The first-order chi connectivity index (χ1) is 11.3. The lowest BCUT2D eigenvalue weighted by Gasteiger charge is -2.08. The molecule has 128 valence electrons. The molecule has 0 saturated heterocycles. The number of nitrogens with zero attached hydrogens (tertiary/aromatic N) is 1. The van der Waals surface area contributed by atoms with E-state index in [0.29, 0.717) is 5.56 Å². The van der Waals surface area contributed by atoms with Crippen molar-refractivity contribution < 1.29 is 31.9 Å². The molecule has 0 unspecified atom stereocenters. The van der Waals surface area contributed by atoms with Crippen LogP contribution >= 0.6 is 0 Å². The van der Waals surface area contributed by atoms with E-state index < -0.39 is 31.2 Å². The average Bonchev–Trinajstić information content (AvgIpc) is 2.93. The number of hydrogen-bond donors (Lipinski definition) is 1. The number of halogens is 3. The highest BCUT2D eigenvalue weighted by Crippen LogP contribution is 2.21. The van der Waals surface area contributed by atoms with Gasteiger partial charge in [-0.25, -0.2) is 9.78 Å². The molecule has 0 spiro atoms. The monoisotopic (exact) mass is 342 g/mol. The van der Waals surface area contributed by atoms with E-state index in [-0.39, 0.29) is 17.3 Å². The number of oxazole rings is 1. The quantitative estimate of drug-likeness (QED) is 0.844. The number of aryl methyl sites for hydroxylation is 1. The van der Waals surface area contributed by atoms with E-state index in [1.165, 1.54) is 6.92 Å². The van der Waals surface area contributed by atoms with Crippen molar-refractivity contribution >= 4 is 11.9 Å². The SMILES string of the molecule is Cc1oc(-c2ccccc2)nc1C(=O)OCC(=O)NCC(F)(F)F. The van der Waals surface area contributed by atoms with E-state index in [0.717, 1.165) is 0 Å². The maximum Gasteiger partial charge on any atom is 0.405 e. The molecule has 0 aliphatic heterocycles. The molecular weight excluding hydrogens is 329 g/mol. The molecule has 0 bridgehead atoms. The standard InChI is InChI=1S/C15H13F3N2O4/c1-9-12(20-13(24-9)10-5-3-2-4-6-10)14(22)23-7-11(21)19-8-15(16,17)18/h2-6H,7-8H2,1H3,(H,19,21). The van der Waals surface area contributed by atoms with Crippen molar-refractivity contribution in [2.75, 3.05) is 13.2 Å². The summed E-state index contributed by atoms with van der Waals surface area (Å²) in [7, 11) is 0. The Balaban J connectivity index is 1.96. The van der Waals surface area contributed by atoms with Gasteiger partial charge in [0.1, 0.15) is 12.3 Å². The largest absolute Gasteiger partial charge is 0.451 e. The van der Waals surface area contributed by atoms with Gasteiger partial charge < -0.3 is 14.5 Å². The van der Waals surface area contributed by atoms with Gasteiger partial charge in [-0.1, -0.05) is 18.2 Å². The first-order valence-electron chi connectivity index (χ1n) is 6.79. The maximum atomic E-state index is 12.0. The number of rotatable bonds is 5. The average molecular weight is 342 g/mol. The number of ether oxygens (including phenoxy) is 1. The molecule has 1 amide bonds. The molecule has 0 saturated carbocycles. The zero-order chi connectivity index (χ0) is 17.7. The maximum absolute atomic E-state index is 12.0. The van der Waals surface area contributed by atoms with Crippen molar-refractivity contribution in [1.29, 1.82) is 0 Å². The van der Waals surface area contributed by atoms with Crippen LogP contribution in [0.25, 0.3) is 11.5 Å². The van der Waals surface area contributed by atoms with E-state index in [1.54, 1.807) is 35.6 Å². The van der Waals surface area contributed by atoms with Crippen molar-refractivity contribution in [2.24, 2.45) is 0 Å². The lowest BCUT2D eigenvalue weighted by atomic mass is 10.2. The van der Waals surface area contributed by atoms with Crippen molar-refractivity contribution in [1.82, 2.24) is 10.3 Å². The van der Waals surface area contributed by atoms with Crippen LogP contribution in [0, 0.1) is 6.92 Å². The summed E-state index contributed by atoms with van der Waals surface area (Å²) in [6, 6.07) is 8.78. The smallest absolute Gasteiger partial charge is 0.405 e. The first kappa shape index (κ1) is 17.5. The topological polar surface area (TPSA) is 81.4 Å². The van der Waals surface area contributed by atoms with E-state index in [2.05, 4.69) is 9.72 Å². The highest BCUT2D eigenvalue weighted by atomic mass is 19.4. The Morgan fingerprint density at radius 3 is 2.54 bits per heavy atom. The predicted molar refractivity (Wildman–Crippen MR) is 76.0 cm³/mol. The molecule has 6 nitrogen and oxygen atoms in total. The summed E-state index contributed by atoms with van der Waals surface area (Å²) in [4.78, 5) is 27.1. The van der Waals surface area contributed by atoms with Gasteiger partial charge in [-0.2, -0.15) is 13.2 Å². The van der Waals surface area contributed by atoms with Gasteiger partial charge in [-0.05, 0) is 19.1 Å². The highest BCUT2D eigenvalue weighted by molar-refractivity contribution is 5.90. The highest BCUT2D eigenvalue weighted by Gasteiger charge is 2.28. The Bertz CT molecular complexity index is 726. The van der Waals surface area contributed by atoms with E-state index in [4.69, 9.17) is 4.42 Å². The van der Waals surface area contributed by atoms with Crippen molar-refractivity contribution in [3.8, 4) is 11.5 Å². The number of esters is 1. The summed E-state index contributed by atoms with van der Waals surface area (Å²) in [5.41, 5.74) is 0.500. The Morgan fingerprint density at radius 2 is 1.92 bits per heavy atom. The summed E-state index contributed by atoms with van der Waals surface area (Å²) in [5.74, 6) is -1.65. The summed E-state index contributed by atoms with van der Waals surface area (Å²) in [6.07, 6.45) is -4.53. The Labute approximate surface area is 134 Å². The fraction of sp³-hybridized carbons (Fsp3) is 0.267. The van der Waals surface area contributed by atoms with E-state index in [1.807, 2.05) is 0 Å². The molecule has 1 heterocycles. The van der Waals surface area contributed by atoms with Crippen LogP contribution in [0.4, 0.5) is 13.2 Å². The molecule has 0 atom stereocenters. The number of aromatic nitrogens is 1. The van der Waals surface area contributed by atoms with Gasteiger partial charge in [-0.3, -0.25) is 4.79 Å². The van der Waals surface area contributed by atoms with Crippen LogP contribution in [0.15, 0.2) is 34.7 Å². The van der Waals surface area contributed by atoms with E-state index in [9.17, 15) is 22.8 Å². The first-order valence-corrected chi connectivity index (χ1v) is 6.79. The second-order valence-electron chi connectivity index (χ2n) is 4.76. The van der Waals surface area contributed by atoms with E-state index >= 15 is 0 Å². The zero-order valence-electron chi connectivity index (χ0n) is 12.5. The predicted octanol–water partition coefficient (Wildman–Crippen LogP) is 2.49. The lowest BCUT2D eigenvalue weighted by Crippen LogP contribution is -2.36. The number of carbonyl (C=O) groups is 2. The van der Waals surface area contributed by atoms with Crippen LogP contribution in [-0.4, -0.2) is 36.2 Å². The van der Waals surface area contributed by atoms with Gasteiger partial charge in [0.25, 0.3) is 5.91 Å². The van der Waals surface area contributed by atoms with Crippen LogP contribution in [0.1, 0.15) is 16.2 Å². The third-order valence-electron chi connectivity index (χ3n) is 2.83. The molecule has 0 fully saturated rings. The van der Waals surface area contributed by atoms with Crippen molar-refractivity contribution in [3.05, 3.63) is 41.8 Å². The molecule has 0 aliphatic rings. The Hall–Kier alpha value is -2.84. The third kappa shape index (κ3) is 4.83.